The highest BCUT2D eigenvalue weighted by Gasteiger charge is 2.27. The van der Waals surface area contributed by atoms with E-state index >= 15 is 0 Å². The van der Waals surface area contributed by atoms with Crippen molar-refractivity contribution in [1.82, 2.24) is 10.2 Å². The van der Waals surface area contributed by atoms with Crippen molar-refractivity contribution in [3.05, 3.63) is 64.6 Å². The normalized spacial score (nSPS) is 14.7. The molecule has 1 aliphatic heterocycles. The van der Waals surface area contributed by atoms with Crippen LogP contribution in [0.3, 0.4) is 0 Å². The number of nitrogens with zero attached hydrogens (tertiary/aromatic N) is 2. The lowest BCUT2D eigenvalue weighted by Crippen LogP contribution is -2.52. The van der Waals surface area contributed by atoms with Gasteiger partial charge in [0, 0.05) is 41.9 Å². The zero-order chi connectivity index (χ0) is 21.5. The van der Waals surface area contributed by atoms with Crippen LogP contribution in [0, 0.1) is 0 Å². The number of hydrogen-bond acceptors (Lipinski definition) is 5. The van der Waals surface area contributed by atoms with E-state index in [1.807, 2.05) is 30.3 Å². The molecule has 1 saturated heterocycles. The molecule has 2 amide bonds. The zero-order valence-corrected chi connectivity index (χ0v) is 18.3. The average Bonchev–Trinajstić information content (AvgIpc) is 2.77. The topological polar surface area (TPSA) is 78.9 Å². The number of rotatable bonds is 6. The molecular formula is C22H24BrN3O4. The van der Waals surface area contributed by atoms with Gasteiger partial charge in [0.2, 0.25) is 0 Å². The van der Waals surface area contributed by atoms with Crippen LogP contribution < -0.4 is 10.2 Å². The van der Waals surface area contributed by atoms with E-state index in [0.29, 0.717) is 18.7 Å². The third kappa shape index (κ3) is 5.82. The third-order valence-corrected chi connectivity index (χ3v) is 5.34. The Morgan fingerprint density at radius 1 is 1.03 bits per heavy atom. The number of anilines is 1. The second kappa shape index (κ2) is 10.2. The molecule has 1 aliphatic rings. The van der Waals surface area contributed by atoms with E-state index < -0.39 is 12.1 Å². The molecule has 30 heavy (non-hydrogen) atoms. The highest BCUT2D eigenvalue weighted by Crippen LogP contribution is 2.16. The maximum absolute atomic E-state index is 12.6. The molecule has 1 atom stereocenters. The zero-order valence-electron chi connectivity index (χ0n) is 16.7. The quantitative estimate of drug-likeness (QED) is 0.651. The van der Waals surface area contributed by atoms with Crippen molar-refractivity contribution >= 4 is 39.4 Å². The Bertz CT molecular complexity index is 898. The first-order valence-corrected chi connectivity index (χ1v) is 10.6. The van der Waals surface area contributed by atoms with Gasteiger partial charge < -0.3 is 19.9 Å². The molecular weight excluding hydrogens is 450 g/mol. The van der Waals surface area contributed by atoms with Gasteiger partial charge in [-0.25, -0.2) is 0 Å². The Balaban J connectivity index is 1.43. The number of para-hydroxylation sites is 1. The fourth-order valence-corrected chi connectivity index (χ4v) is 3.65. The fourth-order valence-electron chi connectivity index (χ4n) is 3.25. The third-order valence-electron chi connectivity index (χ3n) is 4.85. The molecule has 1 N–H and O–H groups in total. The summed E-state index contributed by atoms with van der Waals surface area (Å²) in [6, 6.07) is 16.9. The summed E-state index contributed by atoms with van der Waals surface area (Å²) in [6.45, 7) is 3.83. The Morgan fingerprint density at radius 2 is 1.73 bits per heavy atom. The molecule has 0 aliphatic carbocycles. The molecule has 2 aromatic rings. The molecule has 0 spiro atoms. The van der Waals surface area contributed by atoms with Crippen LogP contribution in [-0.2, 0) is 14.3 Å². The van der Waals surface area contributed by atoms with Crippen molar-refractivity contribution < 1.29 is 19.1 Å². The van der Waals surface area contributed by atoms with Crippen LogP contribution >= 0.6 is 15.9 Å². The maximum Gasteiger partial charge on any atom is 0.326 e. The van der Waals surface area contributed by atoms with Crippen molar-refractivity contribution in [3.63, 3.8) is 0 Å². The minimum atomic E-state index is -0.899. The number of amides is 2. The van der Waals surface area contributed by atoms with Crippen molar-refractivity contribution in [2.45, 2.75) is 13.0 Å². The van der Waals surface area contributed by atoms with Crippen LogP contribution in [0.25, 0.3) is 0 Å². The summed E-state index contributed by atoms with van der Waals surface area (Å²) in [5.74, 6) is -1.26. The van der Waals surface area contributed by atoms with Crippen LogP contribution in [0.2, 0.25) is 0 Å². The van der Waals surface area contributed by atoms with Crippen molar-refractivity contribution in [1.29, 1.82) is 0 Å². The summed E-state index contributed by atoms with van der Waals surface area (Å²) in [4.78, 5) is 40.7. The standard InChI is InChI=1S/C22H24BrN3O4/c1-16(30-20(27)15-24-21(28)17-6-5-7-18(23)14-17)22(29)26-12-10-25(11-13-26)19-8-3-2-4-9-19/h2-9,14,16H,10-13,15H2,1H3,(H,24,28). The molecule has 8 heteroatoms. The summed E-state index contributed by atoms with van der Waals surface area (Å²) < 4.78 is 5.99. The van der Waals surface area contributed by atoms with Crippen LogP contribution in [0.5, 0.6) is 0 Å². The van der Waals surface area contributed by atoms with E-state index in [1.54, 1.807) is 36.1 Å². The Kier molecular flexibility index (Phi) is 7.46. The summed E-state index contributed by atoms with van der Waals surface area (Å²) in [7, 11) is 0. The van der Waals surface area contributed by atoms with Gasteiger partial charge in [0.1, 0.15) is 6.54 Å². The lowest BCUT2D eigenvalue weighted by atomic mass is 10.2. The van der Waals surface area contributed by atoms with Crippen LogP contribution in [0.1, 0.15) is 17.3 Å². The molecule has 1 unspecified atom stereocenters. The second-order valence-corrected chi connectivity index (χ2v) is 7.89. The van der Waals surface area contributed by atoms with Crippen LogP contribution in [0.4, 0.5) is 5.69 Å². The highest BCUT2D eigenvalue weighted by molar-refractivity contribution is 9.10. The van der Waals surface area contributed by atoms with Gasteiger partial charge in [0.05, 0.1) is 0 Å². The fraction of sp³-hybridized carbons (Fsp3) is 0.318. The van der Waals surface area contributed by atoms with Gasteiger partial charge in [0.25, 0.3) is 11.8 Å². The molecule has 158 valence electrons. The SMILES string of the molecule is CC(OC(=O)CNC(=O)c1cccc(Br)c1)C(=O)N1CCN(c2ccccc2)CC1. The molecule has 0 bridgehead atoms. The average molecular weight is 474 g/mol. The summed E-state index contributed by atoms with van der Waals surface area (Å²) >= 11 is 3.30. The predicted molar refractivity (Wildman–Crippen MR) is 117 cm³/mol. The predicted octanol–water partition coefficient (Wildman–Crippen LogP) is 2.46. The number of carbonyl (C=O) groups excluding carboxylic acids is 3. The van der Waals surface area contributed by atoms with E-state index in [4.69, 9.17) is 4.74 Å². The van der Waals surface area contributed by atoms with Gasteiger partial charge in [-0.05, 0) is 37.3 Å². The first-order chi connectivity index (χ1) is 14.4. The number of hydrogen-bond donors (Lipinski definition) is 1. The highest BCUT2D eigenvalue weighted by atomic mass is 79.9. The van der Waals surface area contributed by atoms with E-state index in [0.717, 1.165) is 23.2 Å². The Hall–Kier alpha value is -2.87. The molecule has 0 aromatic heterocycles. The van der Waals surface area contributed by atoms with E-state index in [2.05, 4.69) is 26.1 Å². The molecule has 2 aromatic carbocycles. The van der Waals surface area contributed by atoms with Gasteiger partial charge in [-0.2, -0.15) is 0 Å². The number of nitrogens with one attached hydrogen (secondary N) is 1. The monoisotopic (exact) mass is 473 g/mol. The molecule has 0 saturated carbocycles. The first-order valence-electron chi connectivity index (χ1n) is 9.76. The van der Waals surface area contributed by atoms with Gasteiger partial charge in [-0.3, -0.25) is 14.4 Å². The molecule has 1 fully saturated rings. The summed E-state index contributed by atoms with van der Waals surface area (Å²) in [5, 5.41) is 2.51. The van der Waals surface area contributed by atoms with E-state index in [1.165, 1.54) is 0 Å². The number of halogens is 1. The minimum Gasteiger partial charge on any atom is -0.451 e. The summed E-state index contributed by atoms with van der Waals surface area (Å²) in [6.07, 6.45) is -0.899. The largest absolute Gasteiger partial charge is 0.451 e. The molecule has 3 rings (SSSR count). The Morgan fingerprint density at radius 3 is 2.40 bits per heavy atom. The molecule has 1 heterocycles. The number of carbonyl (C=O) groups is 3. The smallest absolute Gasteiger partial charge is 0.326 e. The van der Waals surface area contributed by atoms with E-state index in [9.17, 15) is 14.4 Å². The van der Waals surface area contributed by atoms with Crippen molar-refractivity contribution in [2.75, 3.05) is 37.6 Å². The van der Waals surface area contributed by atoms with Crippen molar-refractivity contribution in [2.24, 2.45) is 0 Å². The van der Waals surface area contributed by atoms with Gasteiger partial charge in [-0.15, -0.1) is 0 Å². The van der Waals surface area contributed by atoms with Crippen molar-refractivity contribution in [3.8, 4) is 0 Å². The lowest BCUT2D eigenvalue weighted by molar-refractivity contribution is -0.158. The Labute approximate surface area is 184 Å². The van der Waals surface area contributed by atoms with E-state index in [-0.39, 0.29) is 18.4 Å². The number of ether oxygens (including phenoxy) is 1. The second-order valence-electron chi connectivity index (χ2n) is 6.97. The van der Waals surface area contributed by atoms with Crippen LogP contribution in [-0.4, -0.2) is 61.5 Å². The first kappa shape index (κ1) is 21.8. The van der Waals surface area contributed by atoms with Gasteiger partial charge in [-0.1, -0.05) is 40.2 Å². The van der Waals surface area contributed by atoms with Gasteiger partial charge >= 0.3 is 5.97 Å². The lowest BCUT2D eigenvalue weighted by Gasteiger charge is -2.37. The number of benzene rings is 2. The summed E-state index contributed by atoms with van der Waals surface area (Å²) in [5.41, 5.74) is 1.56. The maximum atomic E-state index is 12.6. The number of esters is 1. The van der Waals surface area contributed by atoms with Crippen LogP contribution in [0.15, 0.2) is 59.1 Å². The number of piperazine rings is 1. The molecule has 0 radical (unpaired) electrons. The minimum absolute atomic E-state index is 0.227. The van der Waals surface area contributed by atoms with Gasteiger partial charge in [0.15, 0.2) is 6.10 Å². The molecule has 7 nitrogen and oxygen atoms in total.